The van der Waals surface area contributed by atoms with Gasteiger partial charge in [-0.15, -0.1) is 11.3 Å². The Labute approximate surface area is 172 Å². The Hall–Kier alpha value is -2.70. The van der Waals surface area contributed by atoms with Gasteiger partial charge in [0, 0.05) is 17.1 Å². The molecule has 0 fully saturated rings. The van der Waals surface area contributed by atoms with Crippen molar-refractivity contribution in [2.45, 2.75) is 20.8 Å². The summed E-state index contributed by atoms with van der Waals surface area (Å²) in [6, 6.07) is 9.18. The number of amides is 1. The van der Waals surface area contributed by atoms with E-state index in [-0.39, 0.29) is 17.3 Å². The van der Waals surface area contributed by atoms with Crippen LogP contribution in [0.2, 0.25) is 5.15 Å². The number of thiophene rings is 1. The Bertz CT molecular complexity index is 1050. The number of halogens is 1. The monoisotopic (exact) mass is 414 g/mol. The zero-order chi connectivity index (χ0) is 20.3. The van der Waals surface area contributed by atoms with E-state index >= 15 is 0 Å². The quantitative estimate of drug-likeness (QED) is 0.441. The maximum absolute atomic E-state index is 12.7. The molecule has 0 spiro atoms. The largest absolute Gasteiger partial charge is 0.462 e. The molecule has 0 radical (unpaired) electrons. The molecule has 0 saturated carbocycles. The van der Waals surface area contributed by atoms with Crippen LogP contribution >= 0.6 is 22.9 Å². The van der Waals surface area contributed by atoms with E-state index in [9.17, 15) is 9.59 Å². The molecule has 5 nitrogen and oxygen atoms in total. The summed E-state index contributed by atoms with van der Waals surface area (Å²) in [6.07, 6.45) is 1.51. The van der Waals surface area contributed by atoms with Crippen LogP contribution in [0.4, 0.5) is 5.00 Å². The number of nitrogens with one attached hydrogen (secondary N) is 1. The normalized spacial score (nSPS) is 10.6. The number of ether oxygens (including phenoxy) is 1. The molecule has 7 heteroatoms. The van der Waals surface area contributed by atoms with E-state index in [0.29, 0.717) is 10.6 Å². The number of esters is 1. The Morgan fingerprint density at radius 3 is 2.68 bits per heavy atom. The lowest BCUT2D eigenvalue weighted by atomic mass is 9.99. The van der Waals surface area contributed by atoms with E-state index < -0.39 is 11.9 Å². The number of benzene rings is 1. The molecular formula is C21H19ClN2O3S. The van der Waals surface area contributed by atoms with Crippen LogP contribution in [-0.4, -0.2) is 23.5 Å². The van der Waals surface area contributed by atoms with Gasteiger partial charge >= 0.3 is 5.97 Å². The van der Waals surface area contributed by atoms with E-state index in [1.807, 2.05) is 37.4 Å². The fourth-order valence-corrected chi connectivity index (χ4v) is 3.86. The average molecular weight is 415 g/mol. The van der Waals surface area contributed by atoms with Crippen molar-refractivity contribution in [3.63, 3.8) is 0 Å². The lowest BCUT2D eigenvalue weighted by Gasteiger charge is -2.10. The van der Waals surface area contributed by atoms with Crippen LogP contribution in [0.1, 0.15) is 38.8 Å². The standard InChI is InChI=1S/C21H19ClN2O3S/c1-4-27-21(26)17-16(14-8-7-12(2)13(3)10-14)11-28-20(17)24-19(25)15-6-5-9-23-18(15)22/h5-11H,4H2,1-3H3,(H,24,25). The van der Waals surface area contributed by atoms with E-state index in [1.54, 1.807) is 19.1 Å². The van der Waals surface area contributed by atoms with Crippen molar-refractivity contribution in [3.8, 4) is 11.1 Å². The molecule has 1 amide bonds. The number of rotatable bonds is 5. The minimum atomic E-state index is -0.482. The highest BCUT2D eigenvalue weighted by Gasteiger charge is 2.24. The molecule has 28 heavy (non-hydrogen) atoms. The fraction of sp³-hybridized carbons (Fsp3) is 0.190. The predicted molar refractivity (Wildman–Crippen MR) is 112 cm³/mol. The van der Waals surface area contributed by atoms with Crippen molar-refractivity contribution < 1.29 is 14.3 Å². The topological polar surface area (TPSA) is 68.3 Å². The summed E-state index contributed by atoms with van der Waals surface area (Å²) < 4.78 is 5.23. The van der Waals surface area contributed by atoms with Crippen LogP contribution in [0.5, 0.6) is 0 Å². The van der Waals surface area contributed by atoms with Crippen molar-refractivity contribution >= 4 is 39.8 Å². The SMILES string of the molecule is CCOC(=O)c1c(-c2ccc(C)c(C)c2)csc1NC(=O)c1cccnc1Cl. The molecule has 0 saturated heterocycles. The molecule has 144 valence electrons. The number of aromatic nitrogens is 1. The molecule has 0 aliphatic heterocycles. The average Bonchev–Trinajstić information content (AvgIpc) is 3.08. The van der Waals surface area contributed by atoms with Crippen LogP contribution in [0.15, 0.2) is 41.9 Å². The van der Waals surface area contributed by atoms with Gasteiger partial charge in [-0.25, -0.2) is 9.78 Å². The molecule has 2 aromatic heterocycles. The Balaban J connectivity index is 2.03. The number of pyridine rings is 1. The molecular weight excluding hydrogens is 396 g/mol. The van der Waals surface area contributed by atoms with E-state index in [1.165, 1.54) is 17.5 Å². The van der Waals surface area contributed by atoms with Crippen LogP contribution in [0, 0.1) is 13.8 Å². The van der Waals surface area contributed by atoms with Crippen LogP contribution in [0.25, 0.3) is 11.1 Å². The third kappa shape index (κ3) is 4.08. The summed E-state index contributed by atoms with van der Waals surface area (Å²) in [5, 5.41) is 5.14. The molecule has 1 N–H and O–H groups in total. The number of aryl methyl sites for hydroxylation is 2. The Morgan fingerprint density at radius 1 is 1.21 bits per heavy atom. The van der Waals surface area contributed by atoms with Crippen molar-refractivity contribution in [1.29, 1.82) is 0 Å². The maximum Gasteiger partial charge on any atom is 0.341 e. The first-order valence-corrected chi connectivity index (χ1v) is 9.96. The first-order valence-electron chi connectivity index (χ1n) is 8.70. The maximum atomic E-state index is 12.7. The summed E-state index contributed by atoms with van der Waals surface area (Å²) in [6.45, 7) is 6.03. The van der Waals surface area contributed by atoms with Gasteiger partial charge in [0.25, 0.3) is 5.91 Å². The van der Waals surface area contributed by atoms with E-state index in [0.717, 1.165) is 22.3 Å². The molecule has 0 aliphatic carbocycles. The van der Waals surface area contributed by atoms with Gasteiger partial charge in [0.05, 0.1) is 12.2 Å². The second-order valence-corrected chi connectivity index (χ2v) is 7.41. The third-order valence-electron chi connectivity index (χ3n) is 4.32. The lowest BCUT2D eigenvalue weighted by molar-refractivity contribution is 0.0529. The lowest BCUT2D eigenvalue weighted by Crippen LogP contribution is -2.15. The van der Waals surface area contributed by atoms with E-state index in [4.69, 9.17) is 16.3 Å². The number of hydrogen-bond acceptors (Lipinski definition) is 5. The van der Waals surface area contributed by atoms with Gasteiger partial charge in [-0.05, 0) is 49.6 Å². The Morgan fingerprint density at radius 2 is 2.00 bits per heavy atom. The van der Waals surface area contributed by atoms with Gasteiger partial charge in [0.1, 0.15) is 15.7 Å². The van der Waals surface area contributed by atoms with Crippen molar-refractivity contribution in [2.75, 3.05) is 11.9 Å². The number of carbonyl (C=O) groups is 2. The van der Waals surface area contributed by atoms with Crippen molar-refractivity contribution in [3.05, 3.63) is 69.3 Å². The molecule has 3 rings (SSSR count). The number of anilines is 1. The zero-order valence-corrected chi connectivity index (χ0v) is 17.3. The van der Waals surface area contributed by atoms with E-state index in [2.05, 4.69) is 10.3 Å². The third-order valence-corrected chi connectivity index (χ3v) is 5.52. The van der Waals surface area contributed by atoms with Crippen LogP contribution in [-0.2, 0) is 4.74 Å². The van der Waals surface area contributed by atoms with Gasteiger partial charge in [-0.3, -0.25) is 4.79 Å². The minimum absolute atomic E-state index is 0.101. The van der Waals surface area contributed by atoms with Crippen LogP contribution < -0.4 is 5.32 Å². The van der Waals surface area contributed by atoms with Gasteiger partial charge in [-0.1, -0.05) is 29.8 Å². The molecule has 2 heterocycles. The highest BCUT2D eigenvalue weighted by Crippen LogP contribution is 2.37. The highest BCUT2D eigenvalue weighted by atomic mass is 35.5. The van der Waals surface area contributed by atoms with Gasteiger partial charge in [0.2, 0.25) is 0 Å². The second-order valence-electron chi connectivity index (χ2n) is 6.17. The van der Waals surface area contributed by atoms with Crippen molar-refractivity contribution in [2.24, 2.45) is 0 Å². The minimum Gasteiger partial charge on any atom is -0.462 e. The summed E-state index contributed by atoms with van der Waals surface area (Å²) >= 11 is 7.28. The fourth-order valence-electron chi connectivity index (χ4n) is 2.70. The number of hydrogen-bond donors (Lipinski definition) is 1. The van der Waals surface area contributed by atoms with Gasteiger partial charge < -0.3 is 10.1 Å². The summed E-state index contributed by atoms with van der Waals surface area (Å²) in [4.78, 5) is 29.2. The smallest absolute Gasteiger partial charge is 0.341 e. The first kappa shape index (κ1) is 20.0. The molecule has 0 atom stereocenters. The first-order chi connectivity index (χ1) is 13.4. The number of nitrogens with zero attached hydrogens (tertiary/aromatic N) is 1. The molecule has 0 bridgehead atoms. The summed E-state index contributed by atoms with van der Waals surface area (Å²) in [5.74, 6) is -0.915. The molecule has 1 aromatic carbocycles. The number of carbonyl (C=O) groups excluding carboxylic acids is 2. The molecule has 3 aromatic rings. The molecule has 0 unspecified atom stereocenters. The second kappa shape index (κ2) is 8.54. The molecule has 0 aliphatic rings. The summed E-state index contributed by atoms with van der Waals surface area (Å²) in [5.41, 5.74) is 4.47. The summed E-state index contributed by atoms with van der Waals surface area (Å²) in [7, 11) is 0. The predicted octanol–water partition coefficient (Wildman–Crippen LogP) is 5.51. The van der Waals surface area contributed by atoms with Gasteiger partial charge in [0.15, 0.2) is 0 Å². The highest BCUT2D eigenvalue weighted by molar-refractivity contribution is 7.15. The van der Waals surface area contributed by atoms with Crippen molar-refractivity contribution in [1.82, 2.24) is 4.98 Å². The zero-order valence-electron chi connectivity index (χ0n) is 15.7. The van der Waals surface area contributed by atoms with Gasteiger partial charge in [-0.2, -0.15) is 0 Å². The van der Waals surface area contributed by atoms with Crippen LogP contribution in [0.3, 0.4) is 0 Å². The Kier molecular flexibility index (Phi) is 6.11.